The monoisotopic (exact) mass is 1040 g/mol. The summed E-state index contributed by atoms with van der Waals surface area (Å²) in [5.41, 5.74) is 4.42. The number of sulfonamides is 1. The fraction of sp³-hybridized carbons (Fsp3) is 0.404. The molecule has 2 saturated heterocycles. The van der Waals surface area contributed by atoms with Crippen LogP contribution in [0.1, 0.15) is 102 Å². The molecule has 2 saturated carbocycles. The Morgan fingerprint density at radius 3 is 2.61 bits per heavy atom. The molecule has 5 heterocycles. The van der Waals surface area contributed by atoms with E-state index in [2.05, 4.69) is 72.8 Å². The van der Waals surface area contributed by atoms with Gasteiger partial charge in [0.25, 0.3) is 21.6 Å². The van der Waals surface area contributed by atoms with Crippen LogP contribution in [0.25, 0.3) is 22.0 Å². The second-order valence-corrected chi connectivity index (χ2v) is 23.5. The molecule has 18 heteroatoms. The quantitative estimate of drug-likeness (QED) is 0.0525. The Hall–Kier alpha value is -6.99. The number of nitro benzene ring substituents is 1. The normalized spacial score (nSPS) is 22.0. The molecule has 7 aromatic rings. The van der Waals surface area contributed by atoms with Crippen LogP contribution in [0.3, 0.4) is 0 Å². The van der Waals surface area contributed by atoms with Crippen LogP contribution in [0.4, 0.5) is 17.1 Å². The minimum absolute atomic E-state index is 0.0621. The Morgan fingerprint density at radius 2 is 1.83 bits per heavy atom. The van der Waals surface area contributed by atoms with Crippen LogP contribution < -0.4 is 24.4 Å². The number of amides is 1. The fourth-order valence-corrected chi connectivity index (χ4v) is 13.0. The van der Waals surface area contributed by atoms with E-state index in [0.29, 0.717) is 54.9 Å². The number of furan rings is 1. The number of aromatic nitrogens is 2. The maximum Gasteiger partial charge on any atom is 0.293 e. The number of nitrogens with zero attached hydrogens (tertiary/aromatic N) is 5. The third-order valence-electron chi connectivity index (χ3n) is 16.1. The molecule has 4 aromatic carbocycles. The number of hydrogen-bond acceptors (Lipinski definition) is 14. The van der Waals surface area contributed by atoms with E-state index >= 15 is 0 Å². The van der Waals surface area contributed by atoms with Gasteiger partial charge in [-0.15, -0.1) is 0 Å². The van der Waals surface area contributed by atoms with Crippen LogP contribution in [0.5, 0.6) is 17.2 Å². The first-order chi connectivity index (χ1) is 37.2. The van der Waals surface area contributed by atoms with Crippen molar-refractivity contribution in [2.45, 2.75) is 94.3 Å². The van der Waals surface area contributed by atoms with Gasteiger partial charge < -0.3 is 34.2 Å². The Labute approximate surface area is 440 Å². The molecule has 17 nitrogen and oxygen atoms in total. The predicted octanol–water partition coefficient (Wildman–Crippen LogP) is 10.1. The highest BCUT2D eigenvalue weighted by atomic mass is 32.2. The zero-order valence-corrected chi connectivity index (χ0v) is 43.1. The van der Waals surface area contributed by atoms with Crippen molar-refractivity contribution >= 4 is 55.0 Å². The van der Waals surface area contributed by atoms with E-state index in [0.717, 1.165) is 86.5 Å². The lowest BCUT2D eigenvalue weighted by molar-refractivity contribution is -0.384. The maximum absolute atomic E-state index is 14.1. The lowest BCUT2D eigenvalue weighted by Crippen LogP contribution is -2.68. The molecular formula is C57H64N8O9S. The van der Waals surface area contributed by atoms with Crippen LogP contribution in [-0.2, 0) is 16.6 Å². The van der Waals surface area contributed by atoms with E-state index < -0.39 is 44.1 Å². The largest absolute Gasteiger partial charge is 0.493 e. The summed E-state index contributed by atoms with van der Waals surface area (Å²) < 4.78 is 70.5. The molecule has 0 unspecified atom stereocenters. The van der Waals surface area contributed by atoms with Gasteiger partial charge in [0.2, 0.25) is 0 Å². The number of carbonyl (C=O) groups excluding carboxylic acids is 1. The maximum atomic E-state index is 14.1. The van der Waals surface area contributed by atoms with Crippen LogP contribution in [-0.4, -0.2) is 102 Å². The Bertz CT molecular complexity index is 3510. The number of hydrogen-bond donors (Lipinski definition) is 4. The molecule has 2 aliphatic heterocycles. The first-order valence-corrected chi connectivity index (χ1v) is 27.2. The number of anilines is 2. The molecule has 1 amide bonds. The van der Waals surface area contributed by atoms with Gasteiger partial charge in [0.1, 0.15) is 22.8 Å². The van der Waals surface area contributed by atoms with Gasteiger partial charge in [0.05, 0.1) is 44.6 Å². The molecule has 4 aliphatic rings. The van der Waals surface area contributed by atoms with Crippen molar-refractivity contribution < 1.29 is 41.2 Å². The summed E-state index contributed by atoms with van der Waals surface area (Å²) in [5.74, 6) is 0.164. The fourth-order valence-electron chi connectivity index (χ4n) is 12.0. The number of methoxy groups -OCH3 is 1. The number of H-pyrrole nitrogens is 1. The number of piperazine rings is 1. The first-order valence-electron chi connectivity index (χ1n) is 27.3. The van der Waals surface area contributed by atoms with E-state index in [1.165, 1.54) is 35.5 Å². The Morgan fingerprint density at radius 1 is 1.01 bits per heavy atom. The summed E-state index contributed by atoms with van der Waals surface area (Å²) >= 11 is 0. The van der Waals surface area contributed by atoms with Crippen molar-refractivity contribution in [2.24, 2.45) is 11.3 Å². The van der Waals surface area contributed by atoms with Crippen molar-refractivity contribution in [3.05, 3.63) is 142 Å². The zero-order chi connectivity index (χ0) is 54.7. The number of ether oxygens (including phenoxy) is 2. The van der Waals surface area contributed by atoms with E-state index in [1.54, 1.807) is 43.6 Å². The first kappa shape index (κ1) is 46.5. The number of fused-ring (bicyclic) bond motifs is 2. The number of aliphatic hydroxyl groups is 1. The number of benzene rings is 4. The number of carbonyl (C=O) groups is 1. The number of pyridine rings is 1. The predicted molar refractivity (Wildman–Crippen MR) is 287 cm³/mol. The van der Waals surface area contributed by atoms with Gasteiger partial charge in [-0.05, 0) is 129 Å². The van der Waals surface area contributed by atoms with Crippen molar-refractivity contribution in [1.29, 1.82) is 0 Å². The molecule has 0 radical (unpaired) electrons. The van der Waals surface area contributed by atoms with Gasteiger partial charge in [0, 0.05) is 98.1 Å². The summed E-state index contributed by atoms with van der Waals surface area (Å²) in [6.45, 7) is 11.3. The number of nitrogens with one attached hydrogen (secondary N) is 3. The molecule has 1 spiro atoms. The van der Waals surface area contributed by atoms with Gasteiger partial charge in [0.15, 0.2) is 11.3 Å². The molecule has 75 heavy (non-hydrogen) atoms. The molecule has 11 rings (SSSR count). The van der Waals surface area contributed by atoms with Crippen molar-refractivity contribution in [3.63, 3.8) is 0 Å². The lowest BCUT2D eigenvalue weighted by Gasteiger charge is -2.63. The highest BCUT2D eigenvalue weighted by Gasteiger charge is 2.55. The summed E-state index contributed by atoms with van der Waals surface area (Å²) in [7, 11) is -7.24. The summed E-state index contributed by atoms with van der Waals surface area (Å²) in [6.07, 6.45) is 9.55. The zero-order valence-electron chi connectivity index (χ0n) is 45.3. The highest BCUT2D eigenvalue weighted by molar-refractivity contribution is 7.90. The average molecular weight is 1040 g/mol. The third-order valence-corrected chi connectivity index (χ3v) is 17.4. The van der Waals surface area contributed by atoms with Crippen molar-refractivity contribution in [1.82, 2.24) is 24.5 Å². The van der Waals surface area contributed by atoms with E-state index in [4.69, 9.17) is 18.0 Å². The Kier molecular flexibility index (Phi) is 12.4. The topological polar surface area (TPSA) is 209 Å². The van der Waals surface area contributed by atoms with Gasteiger partial charge in [-0.3, -0.25) is 24.7 Å². The molecule has 1 atom stereocenters. The second-order valence-electron chi connectivity index (χ2n) is 21.8. The van der Waals surface area contributed by atoms with E-state index in [-0.39, 0.29) is 40.1 Å². The number of aromatic amines is 1. The van der Waals surface area contributed by atoms with E-state index in [1.807, 2.05) is 18.2 Å². The molecule has 3 aromatic heterocycles. The van der Waals surface area contributed by atoms with Crippen molar-refractivity contribution in [2.75, 3.05) is 56.5 Å². The van der Waals surface area contributed by atoms with Crippen LogP contribution in [0.2, 0.25) is 0 Å². The SMILES string of the molecule is [2H]C([2H])([2H])Oc1cc(CN2CCN(C3CC4(C3)CN(c3ccc(C(=O)NS(=O)(=O)c5ccc(NCC6CCC(C)(O)CC6)c([N+](=O)[O-])c5)c(Oc5cnc6[nH]ccc6c5)c3)C4)[C@H](c3ccccc3C(C)C)C2)cc2ccoc12. The molecular weight excluding hydrogens is 973 g/mol. The molecule has 0 bridgehead atoms. The smallest absolute Gasteiger partial charge is 0.293 e. The number of nitro groups is 1. The minimum Gasteiger partial charge on any atom is -0.493 e. The van der Waals surface area contributed by atoms with Gasteiger partial charge in [-0.1, -0.05) is 38.1 Å². The molecule has 4 fully saturated rings. The molecule has 392 valence electrons. The van der Waals surface area contributed by atoms with Gasteiger partial charge >= 0.3 is 0 Å². The summed E-state index contributed by atoms with van der Waals surface area (Å²) in [6, 6.07) is 27.0. The van der Waals surface area contributed by atoms with Crippen LogP contribution in [0, 0.1) is 21.4 Å². The Balaban J connectivity index is 0.790. The second kappa shape index (κ2) is 19.9. The standard InChI is InChI=1S/C57H64N8O9S/c1-36(2)45-7-5-6-8-46(45)50-33-62(32-38-23-39-16-22-73-53(39)52(24-38)72-4)20-21-64(50)42-28-57(29-42)34-63(35-57)41-9-11-47(51(26-41)74-43-25-40-15-19-58-54(40)60-31-43)55(66)61-75(70,71)44-10-12-48(49(27-44)65(68)69)59-30-37-13-17-56(3,67)18-14-37/h5-12,15-16,19,22-27,31,36-37,42,50,59,67H,13-14,17-18,20-21,28-30,32-35H2,1-4H3,(H,58,60)(H,61,66)/t37?,50-,56?/m0/s1/i4D3. The van der Waals surface area contributed by atoms with Crippen molar-refractivity contribution in [3.8, 4) is 17.2 Å². The van der Waals surface area contributed by atoms with E-state index in [9.17, 15) is 28.4 Å². The van der Waals surface area contributed by atoms with Gasteiger partial charge in [-0.2, -0.15) is 0 Å². The average Bonchev–Trinajstić information content (AvgIpc) is 4.01. The highest BCUT2D eigenvalue weighted by Crippen LogP contribution is 2.54. The third kappa shape index (κ3) is 10.3. The molecule has 2 aliphatic carbocycles. The minimum atomic E-state index is -4.62. The molecule has 4 N–H and O–H groups in total. The van der Waals surface area contributed by atoms with Crippen LogP contribution >= 0.6 is 0 Å². The van der Waals surface area contributed by atoms with Crippen LogP contribution in [0.15, 0.2) is 119 Å². The number of rotatable bonds is 16. The summed E-state index contributed by atoms with van der Waals surface area (Å²) in [5, 5.41) is 27.3. The van der Waals surface area contributed by atoms with Gasteiger partial charge in [-0.25, -0.2) is 18.1 Å². The lowest BCUT2D eigenvalue weighted by atomic mass is 9.59. The summed E-state index contributed by atoms with van der Waals surface area (Å²) in [4.78, 5) is 40.1.